The predicted molar refractivity (Wildman–Crippen MR) is 88.9 cm³/mol. The molecule has 1 amide bonds. The van der Waals surface area contributed by atoms with E-state index < -0.39 is 0 Å². The van der Waals surface area contributed by atoms with Gasteiger partial charge in [0.15, 0.2) is 5.16 Å². The van der Waals surface area contributed by atoms with E-state index in [-0.39, 0.29) is 17.7 Å². The van der Waals surface area contributed by atoms with Crippen LogP contribution >= 0.6 is 11.8 Å². The Morgan fingerprint density at radius 3 is 2.65 bits per heavy atom. The van der Waals surface area contributed by atoms with Crippen LogP contribution in [0, 0.1) is 0 Å². The van der Waals surface area contributed by atoms with E-state index in [1.165, 1.54) is 11.8 Å². The van der Waals surface area contributed by atoms with Gasteiger partial charge in [-0.2, -0.15) is 0 Å². The SMILES string of the molecule is COc1ccc(OC)c(C(C)NC(=O)CSc2ncccn2)c1. The molecule has 1 aromatic carbocycles. The van der Waals surface area contributed by atoms with Gasteiger partial charge in [-0.25, -0.2) is 9.97 Å². The first kappa shape index (κ1) is 17.1. The number of aromatic nitrogens is 2. The Labute approximate surface area is 139 Å². The van der Waals surface area contributed by atoms with Crippen LogP contribution in [0.3, 0.4) is 0 Å². The molecular weight excluding hydrogens is 314 g/mol. The van der Waals surface area contributed by atoms with Gasteiger partial charge >= 0.3 is 0 Å². The van der Waals surface area contributed by atoms with Gasteiger partial charge in [-0.05, 0) is 31.2 Å². The van der Waals surface area contributed by atoms with E-state index in [1.807, 2.05) is 25.1 Å². The van der Waals surface area contributed by atoms with E-state index >= 15 is 0 Å². The molecule has 23 heavy (non-hydrogen) atoms. The van der Waals surface area contributed by atoms with Gasteiger partial charge in [0.25, 0.3) is 0 Å². The zero-order valence-electron chi connectivity index (χ0n) is 13.3. The number of rotatable bonds is 7. The highest BCUT2D eigenvalue weighted by atomic mass is 32.2. The number of carbonyl (C=O) groups is 1. The third-order valence-electron chi connectivity index (χ3n) is 3.16. The van der Waals surface area contributed by atoms with Crippen LogP contribution in [0.1, 0.15) is 18.5 Å². The maximum absolute atomic E-state index is 12.1. The second kappa shape index (κ2) is 8.38. The van der Waals surface area contributed by atoms with Crippen LogP contribution in [0.25, 0.3) is 0 Å². The minimum absolute atomic E-state index is 0.0974. The molecule has 0 spiro atoms. The van der Waals surface area contributed by atoms with E-state index in [4.69, 9.17) is 9.47 Å². The predicted octanol–water partition coefficient (Wildman–Crippen LogP) is 2.46. The first-order valence-electron chi connectivity index (χ1n) is 7.05. The Bertz CT molecular complexity index is 652. The van der Waals surface area contributed by atoms with Gasteiger partial charge in [0, 0.05) is 18.0 Å². The smallest absolute Gasteiger partial charge is 0.230 e. The highest BCUT2D eigenvalue weighted by molar-refractivity contribution is 7.99. The van der Waals surface area contributed by atoms with Gasteiger partial charge < -0.3 is 14.8 Å². The van der Waals surface area contributed by atoms with E-state index in [9.17, 15) is 4.79 Å². The lowest BCUT2D eigenvalue weighted by molar-refractivity contribution is -0.119. The van der Waals surface area contributed by atoms with Gasteiger partial charge in [-0.3, -0.25) is 4.79 Å². The van der Waals surface area contributed by atoms with Crippen molar-refractivity contribution in [1.29, 1.82) is 0 Å². The Morgan fingerprint density at radius 2 is 2.00 bits per heavy atom. The van der Waals surface area contributed by atoms with Crippen molar-refractivity contribution < 1.29 is 14.3 Å². The fourth-order valence-electron chi connectivity index (χ4n) is 2.03. The molecule has 2 aromatic rings. The van der Waals surface area contributed by atoms with Crippen LogP contribution in [-0.4, -0.2) is 35.8 Å². The molecule has 1 N–H and O–H groups in total. The van der Waals surface area contributed by atoms with Crippen LogP contribution in [-0.2, 0) is 4.79 Å². The molecule has 0 saturated carbocycles. The maximum Gasteiger partial charge on any atom is 0.230 e. The largest absolute Gasteiger partial charge is 0.497 e. The molecule has 0 aliphatic heterocycles. The molecule has 1 heterocycles. The lowest BCUT2D eigenvalue weighted by Gasteiger charge is -2.18. The average molecular weight is 333 g/mol. The van der Waals surface area contributed by atoms with Crippen molar-refractivity contribution in [1.82, 2.24) is 15.3 Å². The van der Waals surface area contributed by atoms with Crippen LogP contribution in [0.5, 0.6) is 11.5 Å². The van der Waals surface area contributed by atoms with Gasteiger partial charge in [0.1, 0.15) is 11.5 Å². The number of carbonyl (C=O) groups excluding carboxylic acids is 1. The van der Waals surface area contributed by atoms with E-state index in [2.05, 4.69) is 15.3 Å². The van der Waals surface area contributed by atoms with Gasteiger partial charge in [0.05, 0.1) is 26.0 Å². The van der Waals surface area contributed by atoms with Gasteiger partial charge in [0.2, 0.25) is 5.91 Å². The number of thioether (sulfide) groups is 1. The summed E-state index contributed by atoms with van der Waals surface area (Å²) >= 11 is 1.29. The Balaban J connectivity index is 1.98. The summed E-state index contributed by atoms with van der Waals surface area (Å²) in [5.74, 6) is 1.58. The van der Waals surface area contributed by atoms with E-state index in [1.54, 1.807) is 32.7 Å². The number of ether oxygens (including phenoxy) is 2. The molecular formula is C16H19N3O3S. The molecule has 7 heteroatoms. The fourth-order valence-corrected chi connectivity index (χ4v) is 2.64. The number of hydrogen-bond donors (Lipinski definition) is 1. The molecule has 1 aromatic heterocycles. The standard InChI is InChI=1S/C16H19N3O3S/c1-11(13-9-12(21-2)5-6-14(13)22-3)19-15(20)10-23-16-17-7-4-8-18-16/h4-9,11H,10H2,1-3H3,(H,19,20). The van der Waals surface area contributed by atoms with E-state index in [0.717, 1.165) is 5.56 Å². The molecule has 6 nitrogen and oxygen atoms in total. The van der Waals surface area contributed by atoms with Crippen molar-refractivity contribution in [2.45, 2.75) is 18.1 Å². The van der Waals surface area contributed by atoms with Crippen molar-refractivity contribution >= 4 is 17.7 Å². The first-order chi connectivity index (χ1) is 11.1. The third kappa shape index (κ3) is 4.85. The van der Waals surface area contributed by atoms with Crippen molar-refractivity contribution in [3.63, 3.8) is 0 Å². The minimum atomic E-state index is -0.204. The van der Waals surface area contributed by atoms with Crippen LogP contribution in [0.4, 0.5) is 0 Å². The Hall–Kier alpha value is -2.28. The van der Waals surface area contributed by atoms with Crippen molar-refractivity contribution in [2.75, 3.05) is 20.0 Å². The molecule has 1 atom stereocenters. The van der Waals surface area contributed by atoms with Crippen molar-refractivity contribution in [3.8, 4) is 11.5 Å². The van der Waals surface area contributed by atoms with Crippen LogP contribution in [0.15, 0.2) is 41.8 Å². The summed E-state index contributed by atoms with van der Waals surface area (Å²) in [6.07, 6.45) is 3.30. The van der Waals surface area contributed by atoms with Crippen molar-refractivity contribution in [2.24, 2.45) is 0 Å². The zero-order valence-corrected chi connectivity index (χ0v) is 14.1. The molecule has 2 rings (SSSR count). The Kier molecular flexibility index (Phi) is 6.22. The second-order valence-corrected chi connectivity index (χ2v) is 5.66. The molecule has 1 unspecified atom stereocenters. The highest BCUT2D eigenvalue weighted by Crippen LogP contribution is 2.29. The summed E-state index contributed by atoms with van der Waals surface area (Å²) in [5.41, 5.74) is 0.862. The summed E-state index contributed by atoms with van der Waals surface area (Å²) < 4.78 is 10.6. The number of amides is 1. The highest BCUT2D eigenvalue weighted by Gasteiger charge is 2.15. The first-order valence-corrected chi connectivity index (χ1v) is 8.03. The summed E-state index contributed by atoms with van der Waals surface area (Å²) in [6.45, 7) is 1.90. The Morgan fingerprint density at radius 1 is 1.26 bits per heavy atom. The summed E-state index contributed by atoms with van der Waals surface area (Å²) in [4.78, 5) is 20.2. The maximum atomic E-state index is 12.1. The number of methoxy groups -OCH3 is 2. The lowest BCUT2D eigenvalue weighted by Crippen LogP contribution is -2.28. The molecule has 0 aliphatic carbocycles. The van der Waals surface area contributed by atoms with E-state index in [0.29, 0.717) is 16.7 Å². The van der Waals surface area contributed by atoms with Gasteiger partial charge in [-0.15, -0.1) is 0 Å². The van der Waals surface area contributed by atoms with Gasteiger partial charge in [-0.1, -0.05) is 11.8 Å². The molecule has 0 bridgehead atoms. The third-order valence-corrected chi connectivity index (χ3v) is 4.03. The quantitative estimate of drug-likeness (QED) is 0.620. The summed E-state index contributed by atoms with van der Waals surface area (Å²) in [7, 11) is 3.20. The molecule has 0 aliphatic rings. The molecule has 122 valence electrons. The zero-order chi connectivity index (χ0) is 16.7. The molecule has 0 fully saturated rings. The van der Waals surface area contributed by atoms with Crippen LogP contribution in [0.2, 0.25) is 0 Å². The minimum Gasteiger partial charge on any atom is -0.497 e. The number of benzene rings is 1. The number of nitrogens with zero attached hydrogens (tertiary/aromatic N) is 2. The number of hydrogen-bond acceptors (Lipinski definition) is 6. The molecule has 0 radical (unpaired) electrons. The fraction of sp³-hybridized carbons (Fsp3) is 0.312. The number of nitrogens with one attached hydrogen (secondary N) is 1. The average Bonchev–Trinajstić information content (AvgIpc) is 2.60. The van der Waals surface area contributed by atoms with Crippen molar-refractivity contribution in [3.05, 3.63) is 42.2 Å². The van der Waals surface area contributed by atoms with Crippen LogP contribution < -0.4 is 14.8 Å². The monoisotopic (exact) mass is 333 g/mol. The topological polar surface area (TPSA) is 73.3 Å². The summed E-state index contributed by atoms with van der Waals surface area (Å²) in [6, 6.07) is 7.03. The normalized spacial score (nSPS) is 11.6. The second-order valence-electron chi connectivity index (χ2n) is 4.72. The molecule has 0 saturated heterocycles. The lowest BCUT2D eigenvalue weighted by atomic mass is 10.1. The summed E-state index contributed by atoms with van der Waals surface area (Å²) in [5, 5.41) is 3.52.